The fourth-order valence-corrected chi connectivity index (χ4v) is 7.17. The van der Waals surface area contributed by atoms with Gasteiger partial charge < -0.3 is 10.2 Å². The number of benzene rings is 3. The summed E-state index contributed by atoms with van der Waals surface area (Å²) < 4.78 is 29.8. The Morgan fingerprint density at radius 1 is 1.00 bits per heavy atom. The first kappa shape index (κ1) is 32.0. The van der Waals surface area contributed by atoms with Gasteiger partial charge in [-0.25, -0.2) is 8.42 Å². The van der Waals surface area contributed by atoms with Crippen LogP contribution in [0.2, 0.25) is 5.02 Å². The molecule has 1 saturated carbocycles. The van der Waals surface area contributed by atoms with Crippen LogP contribution < -0.4 is 9.62 Å². The minimum absolute atomic E-state index is 0.0761. The Labute approximate surface area is 262 Å². The zero-order valence-electron chi connectivity index (χ0n) is 23.9. The Hall–Kier alpha value is -2.88. The Kier molecular flexibility index (Phi) is 11.1. The molecule has 0 unspecified atom stereocenters. The summed E-state index contributed by atoms with van der Waals surface area (Å²) in [6.07, 6.45) is 5.49. The fraction of sp³-hybridized carbons (Fsp3) is 0.375. The molecule has 0 bridgehead atoms. The van der Waals surface area contributed by atoms with E-state index in [2.05, 4.69) is 21.2 Å². The minimum atomic E-state index is -4.12. The van der Waals surface area contributed by atoms with Crippen molar-refractivity contribution in [3.05, 3.63) is 93.4 Å². The van der Waals surface area contributed by atoms with Crippen molar-refractivity contribution in [2.45, 2.75) is 75.9 Å². The maximum atomic E-state index is 14.2. The number of nitrogens with zero attached hydrogens (tertiary/aromatic N) is 2. The molecule has 3 aromatic rings. The zero-order valence-corrected chi connectivity index (χ0v) is 27.1. The lowest BCUT2D eigenvalue weighted by Gasteiger charge is -2.34. The first-order chi connectivity index (χ1) is 20.1. The molecular weight excluding hydrogens is 638 g/mol. The number of carbonyl (C=O) groups is 2. The number of sulfonamides is 1. The van der Waals surface area contributed by atoms with Crippen LogP contribution in [0, 0.1) is 6.92 Å². The van der Waals surface area contributed by atoms with Crippen LogP contribution in [-0.2, 0) is 26.2 Å². The second kappa shape index (κ2) is 14.5. The van der Waals surface area contributed by atoms with E-state index in [0.29, 0.717) is 21.6 Å². The number of amides is 2. The van der Waals surface area contributed by atoms with Crippen LogP contribution in [0.5, 0.6) is 0 Å². The molecule has 0 saturated heterocycles. The number of anilines is 1. The molecule has 1 atom stereocenters. The summed E-state index contributed by atoms with van der Waals surface area (Å²) >= 11 is 9.53. The van der Waals surface area contributed by atoms with Crippen molar-refractivity contribution in [2.24, 2.45) is 0 Å². The molecule has 0 aromatic heterocycles. The van der Waals surface area contributed by atoms with Gasteiger partial charge in [0, 0.05) is 22.1 Å². The third kappa shape index (κ3) is 8.14. The van der Waals surface area contributed by atoms with E-state index >= 15 is 0 Å². The van der Waals surface area contributed by atoms with E-state index in [4.69, 9.17) is 11.6 Å². The highest BCUT2D eigenvalue weighted by Crippen LogP contribution is 2.28. The van der Waals surface area contributed by atoms with Crippen molar-refractivity contribution in [1.82, 2.24) is 10.2 Å². The van der Waals surface area contributed by atoms with Crippen LogP contribution in [0.15, 0.2) is 82.2 Å². The van der Waals surface area contributed by atoms with Crippen LogP contribution in [-0.4, -0.2) is 43.8 Å². The van der Waals surface area contributed by atoms with Crippen molar-refractivity contribution in [3.8, 4) is 0 Å². The number of hydrogen-bond donors (Lipinski definition) is 1. The van der Waals surface area contributed by atoms with E-state index in [0.717, 1.165) is 47.5 Å². The van der Waals surface area contributed by atoms with E-state index in [-0.39, 0.29) is 23.4 Å². The van der Waals surface area contributed by atoms with E-state index in [9.17, 15) is 18.0 Å². The second-order valence-electron chi connectivity index (χ2n) is 10.7. The van der Waals surface area contributed by atoms with Gasteiger partial charge in [0.1, 0.15) is 12.6 Å². The molecule has 1 N–H and O–H groups in total. The molecule has 3 aromatic carbocycles. The third-order valence-corrected chi connectivity index (χ3v) is 10.1. The van der Waals surface area contributed by atoms with Gasteiger partial charge in [-0.3, -0.25) is 13.9 Å². The van der Waals surface area contributed by atoms with Crippen molar-refractivity contribution >= 4 is 55.1 Å². The molecule has 0 spiro atoms. The molecule has 2 amide bonds. The number of halogens is 2. The average molecular weight is 675 g/mol. The molecule has 0 heterocycles. The van der Waals surface area contributed by atoms with Gasteiger partial charge >= 0.3 is 0 Å². The highest BCUT2D eigenvalue weighted by molar-refractivity contribution is 9.10. The zero-order chi connectivity index (χ0) is 30.3. The maximum Gasteiger partial charge on any atom is 0.264 e. The number of aryl methyl sites for hydroxylation is 1. The molecule has 0 radical (unpaired) electrons. The van der Waals surface area contributed by atoms with Gasteiger partial charge in [0.05, 0.1) is 10.6 Å². The van der Waals surface area contributed by atoms with Crippen LogP contribution in [0.25, 0.3) is 0 Å². The molecule has 4 rings (SSSR count). The summed E-state index contributed by atoms with van der Waals surface area (Å²) in [7, 11) is -4.12. The van der Waals surface area contributed by atoms with E-state index in [1.54, 1.807) is 48.5 Å². The lowest BCUT2D eigenvalue weighted by atomic mass is 9.95. The van der Waals surface area contributed by atoms with Gasteiger partial charge in [-0.2, -0.15) is 0 Å². The van der Waals surface area contributed by atoms with E-state index < -0.39 is 28.5 Å². The summed E-state index contributed by atoms with van der Waals surface area (Å²) in [5, 5.41) is 3.72. The van der Waals surface area contributed by atoms with Gasteiger partial charge in [0.2, 0.25) is 11.8 Å². The van der Waals surface area contributed by atoms with Gasteiger partial charge in [-0.15, -0.1) is 0 Å². The molecule has 1 aliphatic rings. The Bertz CT molecular complexity index is 1480. The summed E-state index contributed by atoms with van der Waals surface area (Å²) in [4.78, 5) is 29.4. The quantitative estimate of drug-likeness (QED) is 0.241. The summed E-state index contributed by atoms with van der Waals surface area (Å²) in [6, 6.07) is 19.7. The third-order valence-electron chi connectivity index (χ3n) is 7.59. The van der Waals surface area contributed by atoms with Crippen molar-refractivity contribution in [1.29, 1.82) is 0 Å². The van der Waals surface area contributed by atoms with E-state index in [1.165, 1.54) is 17.0 Å². The number of rotatable bonds is 11. The largest absolute Gasteiger partial charge is 0.352 e. The topological polar surface area (TPSA) is 86.8 Å². The molecule has 42 heavy (non-hydrogen) atoms. The SMILES string of the molecule is CC[C@H](C(=O)NC1CCCCC1)N(Cc1ccc(Cl)cc1)C(=O)CN(c1cccc(Br)c1)S(=O)(=O)c1ccc(C)cc1. The lowest BCUT2D eigenvalue weighted by molar-refractivity contribution is -0.140. The average Bonchev–Trinajstić information content (AvgIpc) is 2.97. The fourth-order valence-electron chi connectivity index (χ4n) is 5.25. The number of carbonyl (C=O) groups excluding carboxylic acids is 2. The first-order valence-corrected chi connectivity index (χ1v) is 16.9. The predicted octanol–water partition coefficient (Wildman–Crippen LogP) is 6.86. The van der Waals surface area contributed by atoms with Crippen molar-refractivity contribution < 1.29 is 18.0 Å². The molecule has 224 valence electrons. The Balaban J connectivity index is 1.70. The van der Waals surface area contributed by atoms with Gasteiger partial charge in [0.15, 0.2) is 0 Å². The summed E-state index contributed by atoms with van der Waals surface area (Å²) in [5.41, 5.74) is 2.04. The molecular formula is C32H37BrClN3O4S. The van der Waals surface area contributed by atoms with Gasteiger partial charge in [-0.05, 0) is 74.2 Å². The molecule has 1 fully saturated rings. The summed E-state index contributed by atoms with van der Waals surface area (Å²) in [6.45, 7) is 3.39. The minimum Gasteiger partial charge on any atom is -0.352 e. The lowest BCUT2D eigenvalue weighted by Crippen LogP contribution is -2.54. The smallest absolute Gasteiger partial charge is 0.264 e. The summed E-state index contributed by atoms with van der Waals surface area (Å²) in [5.74, 6) is -0.701. The van der Waals surface area contributed by atoms with Crippen molar-refractivity contribution in [2.75, 3.05) is 10.8 Å². The highest BCUT2D eigenvalue weighted by atomic mass is 79.9. The van der Waals surface area contributed by atoms with Crippen molar-refractivity contribution in [3.63, 3.8) is 0 Å². The first-order valence-electron chi connectivity index (χ1n) is 14.3. The monoisotopic (exact) mass is 673 g/mol. The molecule has 0 aliphatic heterocycles. The second-order valence-corrected chi connectivity index (χ2v) is 13.9. The van der Waals surface area contributed by atoms with E-state index in [1.807, 2.05) is 26.0 Å². The number of hydrogen-bond acceptors (Lipinski definition) is 4. The standard InChI is InChI=1S/C32H37BrClN3O4S/c1-3-30(32(39)35-27-9-5-4-6-10-27)36(21-24-14-16-26(34)17-15-24)31(38)22-37(28-11-7-8-25(33)20-28)42(40,41)29-18-12-23(2)13-19-29/h7-8,11-20,27,30H,3-6,9-10,21-22H2,1-2H3,(H,35,39)/t30-/m1/s1. The van der Waals surface area contributed by atoms with Crippen LogP contribution in [0.4, 0.5) is 5.69 Å². The molecule has 7 nitrogen and oxygen atoms in total. The highest BCUT2D eigenvalue weighted by Gasteiger charge is 2.34. The molecule has 1 aliphatic carbocycles. The Morgan fingerprint density at radius 2 is 1.67 bits per heavy atom. The van der Waals surface area contributed by atoms with Crippen LogP contribution in [0.1, 0.15) is 56.6 Å². The molecule has 10 heteroatoms. The van der Waals surface area contributed by atoms with Gasteiger partial charge in [-0.1, -0.05) is 89.6 Å². The predicted molar refractivity (Wildman–Crippen MR) is 171 cm³/mol. The normalized spacial score (nSPS) is 14.7. The van der Waals surface area contributed by atoms with Crippen LogP contribution in [0.3, 0.4) is 0 Å². The van der Waals surface area contributed by atoms with Crippen LogP contribution >= 0.6 is 27.5 Å². The van der Waals surface area contributed by atoms with Gasteiger partial charge in [0.25, 0.3) is 10.0 Å². The maximum absolute atomic E-state index is 14.2. The number of nitrogens with one attached hydrogen (secondary N) is 1. The Morgan fingerprint density at radius 3 is 2.29 bits per heavy atom.